The number of sulfone groups is 1. The molecule has 0 heterocycles. The molecule has 3 N–H and O–H groups in total. The summed E-state index contributed by atoms with van der Waals surface area (Å²) >= 11 is 0. The summed E-state index contributed by atoms with van der Waals surface area (Å²) in [7, 11) is -3.45. The number of rotatable bonds is 6. The lowest BCUT2D eigenvalue weighted by Gasteiger charge is -2.05. The van der Waals surface area contributed by atoms with Crippen LogP contribution in [0.1, 0.15) is 6.92 Å². The summed E-state index contributed by atoms with van der Waals surface area (Å²) in [6.45, 7) is 1.42. The zero-order valence-corrected chi connectivity index (χ0v) is 14.0. The lowest BCUT2D eigenvalue weighted by molar-refractivity contribution is -0.118. The van der Waals surface area contributed by atoms with Crippen LogP contribution in [0.3, 0.4) is 0 Å². The molecule has 126 valence electrons. The first kappa shape index (κ1) is 17.6. The fourth-order valence-electron chi connectivity index (χ4n) is 1.86. The summed E-state index contributed by atoms with van der Waals surface area (Å²) in [6.07, 6.45) is 0. The van der Waals surface area contributed by atoms with E-state index in [9.17, 15) is 13.2 Å². The van der Waals surface area contributed by atoms with Gasteiger partial charge in [0.15, 0.2) is 9.84 Å². The number of nitrogens with zero attached hydrogens (tertiary/aromatic N) is 2. The van der Waals surface area contributed by atoms with Gasteiger partial charge in [-0.15, -0.1) is 0 Å². The summed E-state index contributed by atoms with van der Waals surface area (Å²) in [5, 5.41) is 10.6. The Balaban J connectivity index is 2.04. The van der Waals surface area contributed by atoms with Gasteiger partial charge in [0, 0.05) is 19.2 Å². The van der Waals surface area contributed by atoms with Crippen LogP contribution in [-0.2, 0) is 14.6 Å². The summed E-state index contributed by atoms with van der Waals surface area (Å²) < 4.78 is 24.2. The number of nitrogen functional groups attached to an aromatic ring is 1. The fourth-order valence-corrected chi connectivity index (χ4v) is 3.01. The minimum atomic E-state index is -3.45. The predicted octanol–water partition coefficient (Wildman–Crippen LogP) is 2.59. The zero-order chi connectivity index (χ0) is 17.6. The second-order valence-corrected chi connectivity index (χ2v) is 7.20. The third-order valence-corrected chi connectivity index (χ3v) is 4.85. The average molecular weight is 346 g/mol. The highest BCUT2D eigenvalue weighted by molar-refractivity contribution is 7.91. The van der Waals surface area contributed by atoms with Crippen LogP contribution in [0.2, 0.25) is 0 Å². The Morgan fingerprint density at radius 3 is 2.00 bits per heavy atom. The van der Waals surface area contributed by atoms with E-state index in [0.717, 1.165) is 0 Å². The monoisotopic (exact) mass is 346 g/mol. The first-order valence-corrected chi connectivity index (χ1v) is 8.86. The van der Waals surface area contributed by atoms with Crippen LogP contribution in [0.25, 0.3) is 0 Å². The highest BCUT2D eigenvalue weighted by Gasteiger charge is 2.14. The molecule has 2 aromatic rings. The minimum Gasteiger partial charge on any atom is -0.399 e. The maximum absolute atomic E-state index is 12.1. The molecule has 0 unspecified atom stereocenters. The number of nitrogens with two attached hydrogens (primary N) is 1. The molecule has 0 aliphatic heterocycles. The molecule has 0 saturated carbocycles. The van der Waals surface area contributed by atoms with Gasteiger partial charge in [-0.3, -0.25) is 4.79 Å². The van der Waals surface area contributed by atoms with Crippen molar-refractivity contribution in [3.05, 3.63) is 48.5 Å². The van der Waals surface area contributed by atoms with Crippen molar-refractivity contribution in [3.8, 4) is 0 Å². The van der Waals surface area contributed by atoms with Gasteiger partial charge in [0.25, 0.3) is 0 Å². The van der Waals surface area contributed by atoms with Gasteiger partial charge in [-0.25, -0.2) is 8.42 Å². The molecule has 0 aliphatic carbocycles. The maximum atomic E-state index is 12.1. The molecule has 0 spiro atoms. The Kier molecular flexibility index (Phi) is 5.64. The summed E-state index contributed by atoms with van der Waals surface area (Å²) in [6, 6.07) is 13.0. The van der Waals surface area contributed by atoms with Crippen molar-refractivity contribution >= 4 is 32.8 Å². The molecule has 0 atom stereocenters. The van der Waals surface area contributed by atoms with E-state index in [1.807, 2.05) is 0 Å². The van der Waals surface area contributed by atoms with Crippen LogP contribution in [0.5, 0.6) is 0 Å². The van der Waals surface area contributed by atoms with E-state index < -0.39 is 9.84 Å². The van der Waals surface area contributed by atoms with E-state index in [1.165, 1.54) is 19.1 Å². The van der Waals surface area contributed by atoms with Gasteiger partial charge in [0.05, 0.1) is 22.0 Å². The Morgan fingerprint density at radius 1 is 1.00 bits per heavy atom. The number of anilines is 1. The summed E-state index contributed by atoms with van der Waals surface area (Å²) in [4.78, 5) is 11.0. The third-order valence-electron chi connectivity index (χ3n) is 3.11. The van der Waals surface area contributed by atoms with Crippen molar-refractivity contribution < 1.29 is 13.2 Å². The Bertz CT molecular complexity index is 829. The number of benzene rings is 2. The van der Waals surface area contributed by atoms with Crippen LogP contribution in [0.15, 0.2) is 63.7 Å². The number of nitrogens with one attached hydrogen (secondary N) is 1. The molecule has 7 nitrogen and oxygen atoms in total. The topological polar surface area (TPSA) is 114 Å². The van der Waals surface area contributed by atoms with Gasteiger partial charge >= 0.3 is 0 Å². The molecule has 0 radical (unpaired) electrons. The quantitative estimate of drug-likeness (QED) is 0.618. The van der Waals surface area contributed by atoms with E-state index in [4.69, 9.17) is 5.73 Å². The molecule has 2 rings (SSSR count). The van der Waals surface area contributed by atoms with Gasteiger partial charge in [-0.2, -0.15) is 10.2 Å². The maximum Gasteiger partial charge on any atom is 0.216 e. The molecule has 0 aromatic heterocycles. The number of azo groups is 1. The van der Waals surface area contributed by atoms with Crippen LogP contribution < -0.4 is 11.1 Å². The van der Waals surface area contributed by atoms with Crippen molar-refractivity contribution in [2.75, 3.05) is 18.0 Å². The SMILES string of the molecule is CC(=O)NCCS(=O)(=O)c1ccc(N=Nc2ccc(N)cc2)cc1. The predicted molar refractivity (Wildman–Crippen MR) is 92.2 cm³/mol. The zero-order valence-electron chi connectivity index (χ0n) is 13.1. The van der Waals surface area contributed by atoms with E-state index >= 15 is 0 Å². The number of hydrogen-bond acceptors (Lipinski definition) is 6. The van der Waals surface area contributed by atoms with E-state index in [1.54, 1.807) is 36.4 Å². The fraction of sp³-hybridized carbons (Fsp3) is 0.188. The normalized spacial score (nSPS) is 11.5. The lowest BCUT2D eigenvalue weighted by Crippen LogP contribution is -2.26. The van der Waals surface area contributed by atoms with Crippen LogP contribution in [0.4, 0.5) is 17.1 Å². The molecule has 0 fully saturated rings. The van der Waals surface area contributed by atoms with Gasteiger partial charge < -0.3 is 11.1 Å². The molecule has 0 bridgehead atoms. The summed E-state index contributed by atoms with van der Waals surface area (Å²) in [5.41, 5.74) is 7.42. The second-order valence-electron chi connectivity index (χ2n) is 5.09. The van der Waals surface area contributed by atoms with Crippen LogP contribution >= 0.6 is 0 Å². The molecule has 0 saturated heterocycles. The van der Waals surface area contributed by atoms with Gasteiger partial charge in [0.1, 0.15) is 0 Å². The van der Waals surface area contributed by atoms with Crippen molar-refractivity contribution in [2.45, 2.75) is 11.8 Å². The van der Waals surface area contributed by atoms with Gasteiger partial charge in [-0.05, 0) is 48.5 Å². The van der Waals surface area contributed by atoms with Crippen molar-refractivity contribution in [3.63, 3.8) is 0 Å². The number of amides is 1. The van der Waals surface area contributed by atoms with Gasteiger partial charge in [0.2, 0.25) is 5.91 Å². The summed E-state index contributed by atoms with van der Waals surface area (Å²) in [5.74, 6) is -0.414. The average Bonchev–Trinajstić information content (AvgIpc) is 2.54. The van der Waals surface area contributed by atoms with E-state index in [-0.39, 0.29) is 23.1 Å². The third kappa shape index (κ3) is 5.17. The highest BCUT2D eigenvalue weighted by atomic mass is 32.2. The van der Waals surface area contributed by atoms with Crippen molar-refractivity contribution in [2.24, 2.45) is 10.2 Å². The highest BCUT2D eigenvalue weighted by Crippen LogP contribution is 2.21. The minimum absolute atomic E-state index is 0.0796. The Hall–Kier alpha value is -2.74. The van der Waals surface area contributed by atoms with Crippen molar-refractivity contribution in [1.82, 2.24) is 5.32 Å². The standard InChI is InChI=1S/C16H18N4O3S/c1-12(21)18-10-11-24(22,23)16-8-6-15(7-9-16)20-19-14-4-2-13(17)3-5-14/h2-9H,10-11,17H2,1H3,(H,18,21). The first-order valence-electron chi connectivity index (χ1n) is 7.21. The van der Waals surface area contributed by atoms with Crippen LogP contribution in [-0.4, -0.2) is 26.6 Å². The smallest absolute Gasteiger partial charge is 0.216 e. The molecular weight excluding hydrogens is 328 g/mol. The van der Waals surface area contributed by atoms with E-state index in [2.05, 4.69) is 15.5 Å². The first-order chi connectivity index (χ1) is 11.4. The number of carbonyl (C=O) groups is 1. The second kappa shape index (κ2) is 7.69. The van der Waals surface area contributed by atoms with E-state index in [0.29, 0.717) is 17.1 Å². The molecule has 24 heavy (non-hydrogen) atoms. The molecule has 1 amide bonds. The number of carbonyl (C=O) groups excluding carboxylic acids is 1. The molecule has 2 aromatic carbocycles. The Labute approximate surface area is 140 Å². The lowest BCUT2D eigenvalue weighted by atomic mass is 10.3. The Morgan fingerprint density at radius 2 is 1.50 bits per heavy atom. The number of hydrogen-bond donors (Lipinski definition) is 2. The largest absolute Gasteiger partial charge is 0.399 e. The van der Waals surface area contributed by atoms with Gasteiger partial charge in [-0.1, -0.05) is 0 Å². The van der Waals surface area contributed by atoms with Crippen LogP contribution in [0, 0.1) is 0 Å². The molecule has 8 heteroatoms. The van der Waals surface area contributed by atoms with Crippen molar-refractivity contribution in [1.29, 1.82) is 0 Å². The molecular formula is C16H18N4O3S. The molecule has 0 aliphatic rings.